The van der Waals surface area contributed by atoms with E-state index in [0.717, 1.165) is 12.1 Å². The topological polar surface area (TPSA) is 134 Å². The second kappa shape index (κ2) is 8.37. The first-order valence-corrected chi connectivity index (χ1v) is 8.00. The Bertz CT molecular complexity index is 902. The Labute approximate surface area is 159 Å². The Morgan fingerprint density at radius 2 is 1.96 bits per heavy atom. The maximum atomic E-state index is 12.3. The van der Waals surface area contributed by atoms with Crippen LogP contribution in [0.25, 0.3) is 0 Å². The number of hydrogen-bond donors (Lipinski definition) is 2. The molecule has 0 unspecified atom stereocenters. The molecule has 0 heterocycles. The number of carbonyl (C=O) groups excluding carboxylic acids is 2. The van der Waals surface area contributed by atoms with Crippen LogP contribution in [-0.2, 0) is 9.53 Å². The van der Waals surface area contributed by atoms with E-state index in [1.165, 1.54) is 26.2 Å². The maximum absolute atomic E-state index is 12.3. The molecule has 142 valence electrons. The van der Waals surface area contributed by atoms with Gasteiger partial charge in [0.2, 0.25) is 0 Å². The normalized spacial score (nSPS) is 11.4. The van der Waals surface area contributed by atoms with Gasteiger partial charge in [0.05, 0.1) is 23.3 Å². The number of nitro groups is 1. The molecule has 0 bridgehead atoms. The van der Waals surface area contributed by atoms with Gasteiger partial charge in [-0.25, -0.2) is 4.79 Å². The van der Waals surface area contributed by atoms with E-state index in [4.69, 9.17) is 26.8 Å². The number of nitrogens with two attached hydrogens (primary N) is 1. The van der Waals surface area contributed by atoms with E-state index < -0.39 is 22.9 Å². The molecule has 0 spiro atoms. The third kappa shape index (κ3) is 4.85. The van der Waals surface area contributed by atoms with Gasteiger partial charge in [-0.3, -0.25) is 14.9 Å². The van der Waals surface area contributed by atoms with Crippen LogP contribution in [0.15, 0.2) is 36.4 Å². The zero-order chi connectivity index (χ0) is 20.1. The molecule has 0 saturated carbocycles. The van der Waals surface area contributed by atoms with E-state index in [1.807, 2.05) is 0 Å². The highest BCUT2D eigenvalue weighted by molar-refractivity contribution is 6.31. The molecule has 2 aromatic carbocycles. The van der Waals surface area contributed by atoms with Crippen molar-refractivity contribution in [2.24, 2.45) is 0 Å². The van der Waals surface area contributed by atoms with Crippen molar-refractivity contribution in [3.63, 3.8) is 0 Å². The van der Waals surface area contributed by atoms with Crippen LogP contribution in [0.3, 0.4) is 0 Å². The molecule has 1 atom stereocenters. The van der Waals surface area contributed by atoms with Crippen molar-refractivity contribution in [1.82, 2.24) is 0 Å². The molecule has 27 heavy (non-hydrogen) atoms. The van der Waals surface area contributed by atoms with E-state index in [-0.39, 0.29) is 16.9 Å². The lowest BCUT2D eigenvalue weighted by atomic mass is 10.1. The number of nitro benzene ring substituents is 1. The van der Waals surface area contributed by atoms with E-state index in [0.29, 0.717) is 16.5 Å². The van der Waals surface area contributed by atoms with Gasteiger partial charge >= 0.3 is 5.97 Å². The number of non-ortho nitro benzene ring substituents is 1. The first-order chi connectivity index (χ1) is 12.7. The number of rotatable bonds is 6. The molecule has 1 amide bonds. The number of anilines is 2. The fourth-order valence-electron chi connectivity index (χ4n) is 2.12. The zero-order valence-electron chi connectivity index (χ0n) is 14.4. The average Bonchev–Trinajstić information content (AvgIpc) is 2.61. The van der Waals surface area contributed by atoms with Gasteiger partial charge in [0.15, 0.2) is 6.10 Å². The number of ether oxygens (including phenoxy) is 2. The van der Waals surface area contributed by atoms with Crippen LogP contribution in [0, 0.1) is 10.1 Å². The standard InChI is InChI=1S/C17H16ClN3O6/c1-9(16(22)20-14-7-10(18)3-6-15(14)26-2)27-17(23)12-8-11(21(24)25)4-5-13(12)19/h3-9H,19H2,1-2H3,(H,20,22)/t9-/m0/s1. The molecule has 0 saturated heterocycles. The summed E-state index contributed by atoms with van der Waals surface area (Å²) < 4.78 is 10.2. The lowest BCUT2D eigenvalue weighted by molar-refractivity contribution is -0.384. The van der Waals surface area contributed by atoms with Crippen molar-refractivity contribution >= 4 is 40.5 Å². The Morgan fingerprint density at radius 3 is 2.59 bits per heavy atom. The molecule has 0 aliphatic rings. The number of nitrogens with one attached hydrogen (secondary N) is 1. The van der Waals surface area contributed by atoms with Gasteiger partial charge in [0.25, 0.3) is 11.6 Å². The SMILES string of the molecule is COc1ccc(Cl)cc1NC(=O)[C@H](C)OC(=O)c1cc([N+](=O)[O-])ccc1N. The quantitative estimate of drug-likeness (QED) is 0.333. The number of nitrogen functional groups attached to an aromatic ring is 1. The highest BCUT2D eigenvalue weighted by Gasteiger charge is 2.23. The van der Waals surface area contributed by atoms with Crippen molar-refractivity contribution in [3.8, 4) is 5.75 Å². The van der Waals surface area contributed by atoms with Gasteiger partial charge in [-0.05, 0) is 31.2 Å². The minimum absolute atomic E-state index is 0.00489. The van der Waals surface area contributed by atoms with Crippen molar-refractivity contribution in [3.05, 3.63) is 57.1 Å². The van der Waals surface area contributed by atoms with E-state index in [1.54, 1.807) is 12.1 Å². The van der Waals surface area contributed by atoms with Crippen LogP contribution in [0.2, 0.25) is 5.02 Å². The van der Waals surface area contributed by atoms with Gasteiger partial charge in [0.1, 0.15) is 5.75 Å². The summed E-state index contributed by atoms with van der Waals surface area (Å²) in [5, 5.41) is 13.7. The number of carbonyl (C=O) groups is 2. The summed E-state index contributed by atoms with van der Waals surface area (Å²) in [5.41, 5.74) is 5.43. The van der Waals surface area contributed by atoms with Crippen molar-refractivity contribution in [2.75, 3.05) is 18.2 Å². The molecule has 0 aromatic heterocycles. The van der Waals surface area contributed by atoms with E-state index in [9.17, 15) is 19.7 Å². The second-order valence-corrected chi connectivity index (χ2v) is 5.85. The fraction of sp³-hybridized carbons (Fsp3) is 0.176. The van der Waals surface area contributed by atoms with Crippen LogP contribution < -0.4 is 15.8 Å². The Hall–Kier alpha value is -3.33. The number of hydrogen-bond acceptors (Lipinski definition) is 7. The van der Waals surface area contributed by atoms with Gasteiger partial charge in [-0.1, -0.05) is 11.6 Å². The predicted octanol–water partition coefficient (Wildman–Crippen LogP) is 3.02. The highest BCUT2D eigenvalue weighted by Crippen LogP contribution is 2.28. The number of esters is 1. The van der Waals surface area contributed by atoms with E-state index >= 15 is 0 Å². The van der Waals surface area contributed by atoms with Crippen LogP contribution in [0.5, 0.6) is 5.75 Å². The van der Waals surface area contributed by atoms with Gasteiger partial charge in [-0.2, -0.15) is 0 Å². The first-order valence-electron chi connectivity index (χ1n) is 7.62. The fourth-order valence-corrected chi connectivity index (χ4v) is 2.30. The number of amides is 1. The van der Waals surface area contributed by atoms with Gasteiger partial charge in [-0.15, -0.1) is 0 Å². The maximum Gasteiger partial charge on any atom is 0.341 e. The second-order valence-electron chi connectivity index (χ2n) is 5.41. The Morgan fingerprint density at radius 1 is 1.26 bits per heavy atom. The zero-order valence-corrected chi connectivity index (χ0v) is 15.1. The predicted molar refractivity (Wildman–Crippen MR) is 99.0 cm³/mol. The van der Waals surface area contributed by atoms with Crippen molar-refractivity contribution in [1.29, 1.82) is 0 Å². The van der Waals surface area contributed by atoms with Crippen LogP contribution in [-0.4, -0.2) is 30.0 Å². The number of halogens is 1. The lowest BCUT2D eigenvalue weighted by Gasteiger charge is -2.16. The minimum atomic E-state index is -1.21. The molecule has 2 aromatic rings. The third-order valence-electron chi connectivity index (χ3n) is 3.54. The minimum Gasteiger partial charge on any atom is -0.495 e. The van der Waals surface area contributed by atoms with Crippen LogP contribution >= 0.6 is 11.6 Å². The summed E-state index contributed by atoms with van der Waals surface area (Å²) >= 11 is 5.90. The number of methoxy groups -OCH3 is 1. The molecule has 0 aliphatic heterocycles. The van der Waals surface area contributed by atoms with Crippen molar-refractivity contribution in [2.45, 2.75) is 13.0 Å². The summed E-state index contributed by atoms with van der Waals surface area (Å²) in [5.74, 6) is -1.24. The summed E-state index contributed by atoms with van der Waals surface area (Å²) in [6.07, 6.45) is -1.21. The summed E-state index contributed by atoms with van der Waals surface area (Å²) in [7, 11) is 1.42. The molecular weight excluding hydrogens is 378 g/mol. The largest absolute Gasteiger partial charge is 0.495 e. The number of benzene rings is 2. The average molecular weight is 394 g/mol. The van der Waals surface area contributed by atoms with Crippen LogP contribution in [0.4, 0.5) is 17.1 Å². The lowest BCUT2D eigenvalue weighted by Crippen LogP contribution is -2.30. The van der Waals surface area contributed by atoms with E-state index in [2.05, 4.69) is 5.32 Å². The molecular formula is C17H16ClN3O6. The monoisotopic (exact) mass is 393 g/mol. The molecule has 0 fully saturated rings. The summed E-state index contributed by atoms with van der Waals surface area (Å²) in [6.45, 7) is 1.35. The van der Waals surface area contributed by atoms with Gasteiger partial charge < -0.3 is 20.5 Å². The summed E-state index contributed by atoms with van der Waals surface area (Å²) in [4.78, 5) is 34.7. The highest BCUT2D eigenvalue weighted by atomic mass is 35.5. The molecule has 0 radical (unpaired) electrons. The smallest absolute Gasteiger partial charge is 0.341 e. The van der Waals surface area contributed by atoms with Gasteiger partial charge in [0, 0.05) is 22.8 Å². The Kier molecular flexibility index (Phi) is 6.19. The molecule has 3 N–H and O–H groups in total. The summed E-state index contributed by atoms with van der Waals surface area (Å²) in [6, 6.07) is 8.00. The third-order valence-corrected chi connectivity index (χ3v) is 3.78. The molecule has 0 aliphatic carbocycles. The number of nitrogens with zero attached hydrogens (tertiary/aromatic N) is 1. The Balaban J connectivity index is 2.13. The molecule has 10 heteroatoms. The van der Waals surface area contributed by atoms with Crippen molar-refractivity contribution < 1.29 is 24.0 Å². The molecule has 9 nitrogen and oxygen atoms in total. The van der Waals surface area contributed by atoms with Crippen LogP contribution in [0.1, 0.15) is 17.3 Å². The molecule has 2 rings (SSSR count). The first kappa shape index (κ1) is 20.0.